The van der Waals surface area contributed by atoms with E-state index in [9.17, 15) is 9.59 Å². The topological polar surface area (TPSA) is 91.0 Å². The highest BCUT2D eigenvalue weighted by atomic mass is 32.1. The van der Waals surface area contributed by atoms with Crippen LogP contribution in [0.4, 0.5) is 5.69 Å². The first-order chi connectivity index (χ1) is 16.3. The molecule has 34 heavy (non-hydrogen) atoms. The van der Waals surface area contributed by atoms with Gasteiger partial charge in [-0.25, -0.2) is 9.97 Å². The van der Waals surface area contributed by atoms with Crippen LogP contribution in [-0.4, -0.2) is 39.9 Å². The van der Waals surface area contributed by atoms with Gasteiger partial charge in [-0.05, 0) is 75.5 Å². The van der Waals surface area contributed by atoms with Crippen LogP contribution in [0, 0.1) is 13.8 Å². The molecule has 7 nitrogen and oxygen atoms in total. The second-order valence-corrected chi connectivity index (χ2v) is 10.5. The predicted octanol–water partition coefficient (Wildman–Crippen LogP) is 5.19. The van der Waals surface area contributed by atoms with Gasteiger partial charge in [0.2, 0.25) is 0 Å². The zero-order valence-electron chi connectivity index (χ0n) is 19.2. The van der Waals surface area contributed by atoms with Gasteiger partial charge in [-0.2, -0.15) is 0 Å². The molecule has 3 heterocycles. The Labute approximate surface area is 204 Å². The van der Waals surface area contributed by atoms with E-state index in [-0.39, 0.29) is 11.5 Å². The largest absolute Gasteiger partial charge is 0.321 e. The van der Waals surface area contributed by atoms with Crippen molar-refractivity contribution in [3.8, 4) is 10.6 Å². The van der Waals surface area contributed by atoms with Crippen LogP contribution in [0.3, 0.4) is 0 Å². The number of aromatic nitrogens is 3. The smallest absolute Gasteiger partial charge is 0.266 e. The van der Waals surface area contributed by atoms with E-state index in [0.717, 1.165) is 20.8 Å². The number of anilines is 1. The molecule has 0 aliphatic heterocycles. The molecular weight excluding hydrogens is 466 g/mol. The predicted molar refractivity (Wildman–Crippen MR) is 140 cm³/mol. The Morgan fingerprint density at radius 1 is 1.06 bits per heavy atom. The number of fused-ring (bicyclic) bond motifs is 2. The normalized spacial score (nSPS) is 11.6. The molecule has 1 amide bonds. The number of benzene rings is 2. The van der Waals surface area contributed by atoms with Crippen molar-refractivity contribution in [2.45, 2.75) is 20.4 Å². The third kappa shape index (κ3) is 4.25. The fourth-order valence-corrected chi connectivity index (χ4v) is 5.98. The van der Waals surface area contributed by atoms with Crippen LogP contribution in [-0.2, 0) is 6.54 Å². The quantitative estimate of drug-likeness (QED) is 0.354. The van der Waals surface area contributed by atoms with E-state index in [1.54, 1.807) is 18.3 Å². The third-order valence-electron chi connectivity index (χ3n) is 5.46. The summed E-state index contributed by atoms with van der Waals surface area (Å²) in [6.45, 7) is 4.38. The fourth-order valence-electron chi connectivity index (χ4n) is 3.82. The Morgan fingerprint density at radius 3 is 2.56 bits per heavy atom. The van der Waals surface area contributed by atoms with Crippen LogP contribution in [0.15, 0.2) is 47.3 Å². The third-order valence-corrected chi connectivity index (χ3v) is 7.71. The molecule has 0 saturated heterocycles. The number of aryl methyl sites for hydroxylation is 2. The molecule has 0 bridgehead atoms. The molecule has 3 aromatic heterocycles. The van der Waals surface area contributed by atoms with Crippen molar-refractivity contribution in [1.29, 1.82) is 0 Å². The van der Waals surface area contributed by atoms with Crippen LogP contribution in [0.5, 0.6) is 0 Å². The van der Waals surface area contributed by atoms with Crippen molar-refractivity contribution >= 4 is 54.7 Å². The summed E-state index contributed by atoms with van der Waals surface area (Å²) < 4.78 is 1.16. The van der Waals surface area contributed by atoms with Crippen molar-refractivity contribution in [2.75, 3.05) is 19.4 Å². The number of nitrogens with zero attached hydrogens (tertiary/aromatic N) is 3. The molecule has 5 rings (SSSR count). The van der Waals surface area contributed by atoms with Crippen LogP contribution in [0.2, 0.25) is 0 Å². The van der Waals surface area contributed by atoms with Crippen LogP contribution in [0.1, 0.15) is 26.6 Å². The molecule has 0 aliphatic carbocycles. The van der Waals surface area contributed by atoms with E-state index < -0.39 is 0 Å². The van der Waals surface area contributed by atoms with Gasteiger partial charge in [0.15, 0.2) is 0 Å². The van der Waals surface area contributed by atoms with E-state index in [1.165, 1.54) is 16.9 Å². The maximum atomic E-state index is 13.0. The lowest BCUT2D eigenvalue weighted by atomic mass is 10.2. The highest BCUT2D eigenvalue weighted by Gasteiger charge is 2.20. The number of thiazole rings is 1. The van der Waals surface area contributed by atoms with Crippen molar-refractivity contribution in [2.24, 2.45) is 0 Å². The first kappa shape index (κ1) is 22.4. The maximum Gasteiger partial charge on any atom is 0.266 e. The van der Waals surface area contributed by atoms with Crippen LogP contribution in [0.25, 0.3) is 31.0 Å². The summed E-state index contributed by atoms with van der Waals surface area (Å²) in [6.07, 6.45) is 0. The van der Waals surface area contributed by atoms with Gasteiger partial charge in [-0.3, -0.25) is 9.59 Å². The average Bonchev–Trinajstić information content (AvgIpc) is 3.34. The second kappa shape index (κ2) is 8.75. The molecule has 2 N–H and O–H groups in total. The minimum absolute atomic E-state index is 0.218. The van der Waals surface area contributed by atoms with E-state index in [0.29, 0.717) is 38.7 Å². The van der Waals surface area contributed by atoms with Gasteiger partial charge in [0.25, 0.3) is 11.5 Å². The number of hydrogen-bond donors (Lipinski definition) is 2. The van der Waals surface area contributed by atoms with Crippen molar-refractivity contribution in [3.63, 3.8) is 0 Å². The van der Waals surface area contributed by atoms with Gasteiger partial charge in [0.05, 0.1) is 27.0 Å². The summed E-state index contributed by atoms with van der Waals surface area (Å²) >= 11 is 2.89. The lowest BCUT2D eigenvalue weighted by molar-refractivity contribution is 0.103. The highest BCUT2D eigenvalue weighted by Crippen LogP contribution is 2.32. The van der Waals surface area contributed by atoms with E-state index in [4.69, 9.17) is 4.98 Å². The molecule has 0 aliphatic rings. The van der Waals surface area contributed by atoms with E-state index >= 15 is 0 Å². The summed E-state index contributed by atoms with van der Waals surface area (Å²) in [4.78, 5) is 40.7. The zero-order valence-corrected chi connectivity index (χ0v) is 20.9. The molecule has 0 radical (unpaired) electrons. The summed E-state index contributed by atoms with van der Waals surface area (Å²) in [7, 11) is 3.82. The number of amides is 1. The SMILES string of the molecule is Cc1ccc2nc(-c3ccc(NC(=O)c4sc5nc(CN(C)C)[nH]c(=O)c5c4C)cc3)sc2c1. The monoisotopic (exact) mass is 489 g/mol. The number of H-pyrrole nitrogens is 1. The van der Waals surface area contributed by atoms with Crippen molar-refractivity contribution in [1.82, 2.24) is 19.9 Å². The second-order valence-electron chi connectivity index (χ2n) is 8.51. The Hall–Kier alpha value is -3.40. The molecule has 5 aromatic rings. The zero-order chi connectivity index (χ0) is 24.0. The average molecular weight is 490 g/mol. The van der Waals surface area contributed by atoms with Crippen LogP contribution >= 0.6 is 22.7 Å². The highest BCUT2D eigenvalue weighted by molar-refractivity contribution is 7.21. The number of carbonyl (C=O) groups excluding carboxylic acids is 1. The van der Waals surface area contributed by atoms with E-state index in [2.05, 4.69) is 34.3 Å². The molecule has 0 fully saturated rings. The molecule has 0 unspecified atom stereocenters. The molecule has 0 saturated carbocycles. The number of hydrogen-bond acceptors (Lipinski definition) is 7. The lowest BCUT2D eigenvalue weighted by Gasteiger charge is -2.07. The minimum Gasteiger partial charge on any atom is -0.321 e. The Bertz CT molecular complexity index is 1600. The number of thiophene rings is 1. The molecule has 0 spiro atoms. The molecule has 2 aromatic carbocycles. The number of rotatable bonds is 5. The first-order valence-corrected chi connectivity index (χ1v) is 12.4. The summed E-state index contributed by atoms with van der Waals surface area (Å²) in [5, 5.41) is 4.36. The summed E-state index contributed by atoms with van der Waals surface area (Å²) in [6, 6.07) is 13.9. The van der Waals surface area contributed by atoms with Gasteiger partial charge in [0, 0.05) is 11.3 Å². The van der Waals surface area contributed by atoms with Gasteiger partial charge in [-0.15, -0.1) is 22.7 Å². The van der Waals surface area contributed by atoms with Crippen molar-refractivity contribution in [3.05, 3.63) is 74.6 Å². The first-order valence-electron chi connectivity index (χ1n) is 10.7. The van der Waals surface area contributed by atoms with Gasteiger partial charge >= 0.3 is 0 Å². The maximum absolute atomic E-state index is 13.0. The van der Waals surface area contributed by atoms with Gasteiger partial charge in [-0.1, -0.05) is 6.07 Å². The summed E-state index contributed by atoms with van der Waals surface area (Å²) in [5.74, 6) is 0.327. The standard InChI is InChI=1S/C25H23N5O2S2/c1-13-5-10-17-18(11-13)33-24(27-17)15-6-8-16(9-7-15)26-23(32)21-14(2)20-22(31)28-19(12-30(3)4)29-25(20)34-21/h5-11H,12H2,1-4H3,(H,26,32)(H,28,29,31). The molecule has 9 heteroatoms. The Morgan fingerprint density at radius 2 is 1.82 bits per heavy atom. The number of nitrogens with one attached hydrogen (secondary N) is 2. The molecule has 172 valence electrons. The van der Waals surface area contributed by atoms with Crippen LogP contribution < -0.4 is 10.9 Å². The van der Waals surface area contributed by atoms with Crippen molar-refractivity contribution < 1.29 is 4.79 Å². The Balaban J connectivity index is 1.39. The lowest BCUT2D eigenvalue weighted by Crippen LogP contribution is -2.18. The number of carbonyl (C=O) groups is 1. The van der Waals surface area contributed by atoms with E-state index in [1.807, 2.05) is 49.3 Å². The molecular formula is C25H23N5O2S2. The Kier molecular flexibility index (Phi) is 5.76. The fraction of sp³-hybridized carbons (Fsp3) is 0.200. The molecule has 0 atom stereocenters. The number of aromatic amines is 1. The minimum atomic E-state index is -0.253. The van der Waals surface area contributed by atoms with Gasteiger partial charge < -0.3 is 15.2 Å². The van der Waals surface area contributed by atoms with Gasteiger partial charge in [0.1, 0.15) is 15.7 Å². The summed E-state index contributed by atoms with van der Waals surface area (Å²) in [5.41, 5.74) is 4.30.